The zero-order valence-electron chi connectivity index (χ0n) is 25.3. The first-order valence-electron chi connectivity index (χ1n) is 15.1. The number of amides is 2. The number of ether oxygens (including phenoxy) is 2. The number of hydrogen-bond donors (Lipinski definition) is 0. The molecule has 13 heteroatoms. The van der Waals surface area contributed by atoms with E-state index in [9.17, 15) is 18.0 Å². The minimum atomic E-state index is -4.44. The summed E-state index contributed by atoms with van der Waals surface area (Å²) in [6.45, 7) is 6.79. The minimum absolute atomic E-state index is 0.0288. The molecule has 6 rings (SSSR count). The molecule has 3 aliphatic rings. The van der Waals surface area contributed by atoms with Crippen LogP contribution in [0, 0.1) is 0 Å². The molecule has 0 radical (unpaired) electrons. The Balaban J connectivity index is 1.41. The molecule has 11 nitrogen and oxygen atoms in total. The lowest BCUT2D eigenvalue weighted by Gasteiger charge is -2.42. The first-order valence-corrected chi connectivity index (χ1v) is 16.9. The van der Waals surface area contributed by atoms with Gasteiger partial charge in [-0.15, -0.1) is 0 Å². The molecule has 2 saturated heterocycles. The number of hydrogen-bond acceptors (Lipinski definition) is 9. The van der Waals surface area contributed by atoms with E-state index >= 15 is 0 Å². The normalized spacial score (nSPS) is 21.5. The van der Waals surface area contributed by atoms with Crippen molar-refractivity contribution in [3.05, 3.63) is 83.0 Å². The molecule has 2 amide bonds. The highest BCUT2D eigenvalue weighted by Crippen LogP contribution is 2.52. The molecule has 3 aromatic rings. The Bertz CT molecular complexity index is 1680. The van der Waals surface area contributed by atoms with Gasteiger partial charge in [0.2, 0.25) is 5.88 Å². The predicted molar refractivity (Wildman–Crippen MR) is 169 cm³/mol. The molecule has 238 valence electrons. The van der Waals surface area contributed by atoms with Crippen molar-refractivity contribution in [3.63, 3.8) is 0 Å². The van der Waals surface area contributed by atoms with Crippen molar-refractivity contribution in [3.8, 4) is 5.88 Å². The third kappa shape index (κ3) is 5.65. The van der Waals surface area contributed by atoms with Crippen LogP contribution in [0.4, 0.5) is 10.5 Å². The first-order chi connectivity index (χ1) is 21.7. The molecule has 0 spiro atoms. The number of anilines is 1. The predicted octanol–water partition coefficient (Wildman–Crippen LogP) is 3.96. The fourth-order valence-corrected chi connectivity index (χ4v) is 8.04. The second-order valence-electron chi connectivity index (χ2n) is 11.4. The van der Waals surface area contributed by atoms with E-state index in [0.717, 1.165) is 39.0 Å². The van der Waals surface area contributed by atoms with Crippen molar-refractivity contribution < 1.29 is 27.5 Å². The van der Waals surface area contributed by atoms with E-state index < -0.39 is 27.6 Å². The van der Waals surface area contributed by atoms with Crippen LogP contribution in [0.25, 0.3) is 0 Å². The van der Waals surface area contributed by atoms with Crippen LogP contribution < -0.4 is 9.04 Å². The Labute approximate surface area is 268 Å². The summed E-state index contributed by atoms with van der Waals surface area (Å²) in [5, 5.41) is 0.232. The number of piperazine rings is 1. The lowest BCUT2D eigenvalue weighted by molar-refractivity contribution is -0.132. The van der Waals surface area contributed by atoms with E-state index in [0.29, 0.717) is 23.4 Å². The van der Waals surface area contributed by atoms with E-state index in [4.69, 9.17) is 21.1 Å². The number of likely N-dealkylation sites (N-methyl/N-ethyl adjacent to an activating group) is 1. The Kier molecular flexibility index (Phi) is 8.75. The molecule has 4 heterocycles. The van der Waals surface area contributed by atoms with Crippen LogP contribution >= 0.6 is 11.6 Å². The number of rotatable bonds is 7. The van der Waals surface area contributed by atoms with Crippen molar-refractivity contribution in [1.82, 2.24) is 19.7 Å². The zero-order chi connectivity index (χ0) is 31.8. The Morgan fingerprint density at radius 2 is 1.69 bits per heavy atom. The van der Waals surface area contributed by atoms with Crippen molar-refractivity contribution in [2.45, 2.75) is 36.3 Å². The van der Waals surface area contributed by atoms with Gasteiger partial charge in [0.15, 0.2) is 0 Å². The SMILES string of the molecule is CCOc1ncccc1C1(OC(=O)N2CCC(N3CCN(C)CC3)CC2)C(=O)N(S(=O)(=O)c2ccccc2)c2ccc(Cl)cc21. The number of aromatic nitrogens is 1. The topological polar surface area (TPSA) is 113 Å². The van der Waals surface area contributed by atoms with Gasteiger partial charge in [0.25, 0.3) is 21.5 Å². The van der Waals surface area contributed by atoms with Crippen molar-refractivity contribution in [2.75, 3.05) is 57.2 Å². The van der Waals surface area contributed by atoms with Crippen LogP contribution in [0.5, 0.6) is 5.88 Å². The number of pyridine rings is 1. The standard InChI is InChI=1S/C32H36ClN5O6S/c1-3-43-29-26(10-7-15-34-29)32(44-31(40)37-16-13-24(14-17-37)36-20-18-35(2)19-21-36)27-22-23(33)11-12-28(27)38(30(32)39)45(41,42)25-8-5-4-6-9-25/h4-12,15,22,24H,3,13-14,16-21H2,1-2H3. The molecule has 0 saturated carbocycles. The van der Waals surface area contributed by atoms with Gasteiger partial charge in [0.1, 0.15) is 0 Å². The summed E-state index contributed by atoms with van der Waals surface area (Å²) in [4.78, 5) is 39.4. The molecular formula is C32H36ClN5O6S. The lowest BCUT2D eigenvalue weighted by atomic mass is 9.87. The maximum absolute atomic E-state index is 14.8. The fraction of sp³-hybridized carbons (Fsp3) is 0.406. The van der Waals surface area contributed by atoms with Crippen LogP contribution in [0.1, 0.15) is 30.9 Å². The van der Waals surface area contributed by atoms with Gasteiger partial charge < -0.3 is 19.3 Å². The summed E-state index contributed by atoms with van der Waals surface area (Å²) in [5.41, 5.74) is -2.01. The third-order valence-corrected chi connectivity index (χ3v) is 10.7. The number of halogens is 1. The van der Waals surface area contributed by atoms with E-state index in [1.165, 1.54) is 36.5 Å². The highest BCUT2D eigenvalue weighted by Gasteiger charge is 2.61. The summed E-state index contributed by atoms with van der Waals surface area (Å²) < 4.78 is 41.0. The highest BCUT2D eigenvalue weighted by molar-refractivity contribution is 7.93. The number of benzene rings is 2. The number of sulfonamides is 1. The summed E-state index contributed by atoms with van der Waals surface area (Å²) in [6.07, 6.45) is 2.27. The van der Waals surface area contributed by atoms with Crippen LogP contribution in [0.3, 0.4) is 0 Å². The van der Waals surface area contributed by atoms with Gasteiger partial charge in [-0.25, -0.2) is 18.2 Å². The van der Waals surface area contributed by atoms with E-state index in [-0.39, 0.29) is 39.2 Å². The van der Waals surface area contributed by atoms with E-state index in [1.807, 2.05) is 0 Å². The fourth-order valence-electron chi connectivity index (χ4n) is 6.39. The Hall–Kier alpha value is -3.71. The number of carbonyl (C=O) groups excluding carboxylic acids is 2. The number of fused-ring (bicyclic) bond motifs is 1. The largest absolute Gasteiger partial charge is 0.478 e. The lowest BCUT2D eigenvalue weighted by Crippen LogP contribution is -2.54. The van der Waals surface area contributed by atoms with Crippen molar-refractivity contribution in [2.24, 2.45) is 0 Å². The third-order valence-electron chi connectivity index (χ3n) is 8.77. The molecule has 1 aromatic heterocycles. The van der Waals surface area contributed by atoms with Crippen molar-refractivity contribution >= 4 is 39.3 Å². The monoisotopic (exact) mass is 653 g/mol. The summed E-state index contributed by atoms with van der Waals surface area (Å²) >= 11 is 6.47. The molecule has 1 unspecified atom stereocenters. The molecule has 2 aromatic carbocycles. The molecule has 45 heavy (non-hydrogen) atoms. The van der Waals surface area contributed by atoms with Gasteiger partial charge >= 0.3 is 6.09 Å². The number of nitrogens with zero attached hydrogens (tertiary/aromatic N) is 5. The summed E-state index contributed by atoms with van der Waals surface area (Å²) in [7, 11) is -2.32. The minimum Gasteiger partial charge on any atom is -0.478 e. The van der Waals surface area contributed by atoms with Gasteiger partial charge in [-0.1, -0.05) is 29.8 Å². The van der Waals surface area contributed by atoms with Gasteiger partial charge in [-0.3, -0.25) is 9.69 Å². The number of likely N-dealkylation sites (tertiary alicyclic amines) is 1. The van der Waals surface area contributed by atoms with Gasteiger partial charge in [-0.2, -0.15) is 4.31 Å². The Morgan fingerprint density at radius 3 is 2.38 bits per heavy atom. The quantitative estimate of drug-likeness (QED) is 0.374. The average molecular weight is 654 g/mol. The van der Waals surface area contributed by atoms with Crippen molar-refractivity contribution in [1.29, 1.82) is 0 Å². The highest BCUT2D eigenvalue weighted by atomic mass is 35.5. The van der Waals surface area contributed by atoms with Gasteiger partial charge in [0, 0.05) is 62.1 Å². The van der Waals surface area contributed by atoms with Crippen LogP contribution in [-0.2, 0) is 25.2 Å². The molecule has 3 aliphatic heterocycles. The number of piperidine rings is 1. The average Bonchev–Trinajstić information content (AvgIpc) is 3.30. The van der Waals surface area contributed by atoms with E-state index in [1.54, 1.807) is 42.2 Å². The molecule has 1 atom stereocenters. The molecule has 2 fully saturated rings. The van der Waals surface area contributed by atoms with E-state index in [2.05, 4.69) is 21.8 Å². The molecule has 0 N–H and O–H groups in total. The maximum Gasteiger partial charge on any atom is 0.411 e. The second kappa shape index (κ2) is 12.6. The molecular weight excluding hydrogens is 618 g/mol. The zero-order valence-corrected chi connectivity index (χ0v) is 26.8. The van der Waals surface area contributed by atoms with Crippen LogP contribution in [0.15, 0.2) is 71.8 Å². The van der Waals surface area contributed by atoms with Gasteiger partial charge in [0.05, 0.1) is 22.8 Å². The van der Waals surface area contributed by atoms with Crippen LogP contribution in [0.2, 0.25) is 5.02 Å². The number of carbonyl (C=O) groups is 2. The first kappa shape index (κ1) is 31.3. The maximum atomic E-state index is 14.8. The molecule has 0 aliphatic carbocycles. The van der Waals surface area contributed by atoms with Crippen LogP contribution in [-0.4, -0.2) is 99.1 Å². The summed E-state index contributed by atoms with van der Waals surface area (Å²) in [5.74, 6) is -0.946. The smallest absolute Gasteiger partial charge is 0.411 e. The molecule has 0 bridgehead atoms. The Morgan fingerprint density at radius 1 is 0.978 bits per heavy atom. The van der Waals surface area contributed by atoms with Gasteiger partial charge in [-0.05, 0) is 69.3 Å². The second-order valence-corrected chi connectivity index (χ2v) is 13.7. The summed E-state index contributed by atoms with van der Waals surface area (Å²) in [6, 6.07) is 15.5.